The molecular weight excluding hydrogens is 284 g/mol. The van der Waals surface area contributed by atoms with Crippen molar-refractivity contribution in [3.05, 3.63) is 34.3 Å². The summed E-state index contributed by atoms with van der Waals surface area (Å²) in [5, 5.41) is 0. The van der Waals surface area contributed by atoms with Crippen LogP contribution < -0.4 is 17.0 Å². The van der Waals surface area contributed by atoms with Crippen LogP contribution in [-0.2, 0) is 4.79 Å². The van der Waals surface area contributed by atoms with Gasteiger partial charge in [0, 0.05) is 0 Å². The Morgan fingerprint density at radius 2 is 1.64 bits per heavy atom. The summed E-state index contributed by atoms with van der Waals surface area (Å²) < 4.78 is 0.974. The molecule has 1 aromatic rings. The quantitative estimate of drug-likeness (QED) is 0.455. The second-order valence-corrected chi connectivity index (χ2v) is 2.52. The third-order valence-electron chi connectivity index (χ3n) is 0.962. The van der Waals surface area contributed by atoms with Gasteiger partial charge in [-0.05, 0) is 4.47 Å². The normalized spacial score (nSPS) is 7.36. The van der Waals surface area contributed by atoms with Crippen LogP contribution in [-0.4, -0.2) is 29.3 Å². The number of hydrogen-bond acceptors (Lipinski definition) is 1. The fourth-order valence-electron chi connectivity index (χ4n) is 0.518. The van der Waals surface area contributed by atoms with Crippen LogP contribution in [0, 0.1) is 0 Å². The zero-order valence-corrected chi connectivity index (χ0v) is 10.3. The SMILES string of the molecule is O=[C-]c1ccc(Br)cc1.[Br-].[Mg+2]. The van der Waals surface area contributed by atoms with Crippen LogP contribution in [0.5, 0.6) is 0 Å². The molecule has 1 rings (SSSR count). The Kier molecular flexibility index (Phi) is 9.36. The van der Waals surface area contributed by atoms with Gasteiger partial charge in [-0.1, -0.05) is 15.9 Å². The molecule has 0 aliphatic heterocycles. The summed E-state index contributed by atoms with van der Waals surface area (Å²) in [6.07, 6.45) is 1.78. The molecule has 0 unspecified atom stereocenters. The van der Waals surface area contributed by atoms with Gasteiger partial charge < -0.3 is 21.8 Å². The molecule has 0 heterocycles. The fourth-order valence-corrected chi connectivity index (χ4v) is 0.782. The van der Waals surface area contributed by atoms with Crippen molar-refractivity contribution >= 4 is 45.3 Å². The van der Waals surface area contributed by atoms with E-state index in [1.807, 2.05) is 0 Å². The van der Waals surface area contributed by atoms with E-state index in [1.54, 1.807) is 30.6 Å². The predicted octanol–water partition coefficient (Wildman–Crippen LogP) is -1.47. The summed E-state index contributed by atoms with van der Waals surface area (Å²) in [4.78, 5) is 9.98. The van der Waals surface area contributed by atoms with Gasteiger partial charge in [-0.15, -0.1) is 12.1 Å². The van der Waals surface area contributed by atoms with Crippen LogP contribution in [0.2, 0.25) is 0 Å². The van der Waals surface area contributed by atoms with Gasteiger partial charge in [0.15, 0.2) is 0 Å². The van der Waals surface area contributed by atoms with Crippen molar-refractivity contribution in [2.75, 3.05) is 0 Å². The van der Waals surface area contributed by atoms with Gasteiger partial charge in [0.1, 0.15) is 0 Å². The Labute approximate surface area is 101 Å². The zero-order valence-electron chi connectivity index (χ0n) is 5.68. The Hall–Kier alpha value is 0.616. The average Bonchev–Trinajstić information content (AvgIpc) is 1.90. The van der Waals surface area contributed by atoms with Gasteiger partial charge in [-0.2, -0.15) is 17.7 Å². The van der Waals surface area contributed by atoms with E-state index in [4.69, 9.17) is 0 Å². The van der Waals surface area contributed by atoms with Gasteiger partial charge in [0.25, 0.3) is 0 Å². The molecule has 0 bridgehead atoms. The second-order valence-electron chi connectivity index (χ2n) is 1.61. The van der Waals surface area contributed by atoms with E-state index >= 15 is 0 Å². The molecule has 0 amide bonds. The van der Waals surface area contributed by atoms with Crippen LogP contribution in [0.3, 0.4) is 0 Å². The minimum atomic E-state index is 0. The molecule has 1 aromatic carbocycles. The Bertz CT molecular complexity index is 210. The molecule has 0 N–H and O–H groups in total. The van der Waals surface area contributed by atoms with E-state index in [0.717, 1.165) is 4.47 Å². The van der Waals surface area contributed by atoms with Crippen LogP contribution in [0.25, 0.3) is 0 Å². The number of carbonyl (C=O) groups excluding carboxylic acids is 1. The van der Waals surface area contributed by atoms with Crippen LogP contribution in [0.15, 0.2) is 28.7 Å². The van der Waals surface area contributed by atoms with Crippen molar-refractivity contribution < 1.29 is 21.8 Å². The van der Waals surface area contributed by atoms with E-state index in [2.05, 4.69) is 15.9 Å². The molecule has 1 nitrogen and oxygen atoms in total. The van der Waals surface area contributed by atoms with Gasteiger partial charge in [0.2, 0.25) is 0 Å². The summed E-state index contributed by atoms with van der Waals surface area (Å²) in [7, 11) is 0. The first-order valence-electron chi connectivity index (χ1n) is 2.46. The van der Waals surface area contributed by atoms with Crippen molar-refractivity contribution in [2.24, 2.45) is 0 Å². The molecule has 4 heteroatoms. The minimum absolute atomic E-state index is 0. The van der Waals surface area contributed by atoms with Gasteiger partial charge >= 0.3 is 23.1 Å². The first kappa shape index (κ1) is 14.2. The molecule has 0 spiro atoms. The Morgan fingerprint density at radius 1 is 1.18 bits per heavy atom. The molecule has 0 aliphatic carbocycles. The molecule has 11 heavy (non-hydrogen) atoms. The number of halogens is 2. The van der Waals surface area contributed by atoms with E-state index in [0.29, 0.717) is 5.56 Å². The third-order valence-corrected chi connectivity index (χ3v) is 1.49. The third kappa shape index (κ3) is 4.95. The van der Waals surface area contributed by atoms with Crippen molar-refractivity contribution in [3.63, 3.8) is 0 Å². The standard InChI is InChI=1S/C7H4BrO.BrH.Mg/c8-7-3-1-6(5-9)2-4-7;;/h1-4H;1H;/q-1;;+2/p-1. The van der Waals surface area contributed by atoms with E-state index in [1.165, 1.54) is 0 Å². The van der Waals surface area contributed by atoms with Crippen molar-refractivity contribution in [2.45, 2.75) is 0 Å². The average molecular weight is 288 g/mol. The summed E-state index contributed by atoms with van der Waals surface area (Å²) in [6.45, 7) is 0. The predicted molar refractivity (Wildman–Crippen MR) is 44.7 cm³/mol. The molecular formula is C7H4Br2MgO. The van der Waals surface area contributed by atoms with Crippen LogP contribution >= 0.6 is 15.9 Å². The number of hydrogen-bond donors (Lipinski definition) is 0. The molecule has 0 aliphatic rings. The molecule has 0 fully saturated rings. The maximum atomic E-state index is 9.98. The summed E-state index contributed by atoms with van der Waals surface area (Å²) >= 11 is 3.24. The van der Waals surface area contributed by atoms with Gasteiger partial charge in [-0.25, -0.2) is 0 Å². The van der Waals surface area contributed by atoms with Crippen molar-refractivity contribution in [1.29, 1.82) is 0 Å². The molecule has 0 saturated heterocycles. The maximum absolute atomic E-state index is 9.98. The second kappa shape index (κ2) is 7.28. The van der Waals surface area contributed by atoms with E-state index in [9.17, 15) is 4.79 Å². The fraction of sp³-hybridized carbons (Fsp3) is 0. The Morgan fingerprint density at radius 3 is 2.00 bits per heavy atom. The van der Waals surface area contributed by atoms with Gasteiger partial charge in [-0.3, -0.25) is 0 Å². The van der Waals surface area contributed by atoms with Crippen LogP contribution in [0.4, 0.5) is 0 Å². The number of rotatable bonds is 1. The molecule has 0 saturated carbocycles. The first-order valence-corrected chi connectivity index (χ1v) is 3.26. The maximum Gasteiger partial charge on any atom is 2.00 e. The largest absolute Gasteiger partial charge is 2.00 e. The first-order chi connectivity index (χ1) is 4.33. The molecule has 0 radical (unpaired) electrons. The van der Waals surface area contributed by atoms with Crippen molar-refractivity contribution in [3.8, 4) is 0 Å². The minimum Gasteiger partial charge on any atom is -1.00 e. The molecule has 0 aromatic heterocycles. The number of benzene rings is 1. The topological polar surface area (TPSA) is 17.1 Å². The monoisotopic (exact) mass is 286 g/mol. The molecule has 0 atom stereocenters. The summed E-state index contributed by atoms with van der Waals surface area (Å²) in [5.41, 5.74) is 0.582. The summed E-state index contributed by atoms with van der Waals surface area (Å²) in [5.74, 6) is 0. The van der Waals surface area contributed by atoms with Crippen molar-refractivity contribution in [1.82, 2.24) is 0 Å². The van der Waals surface area contributed by atoms with Gasteiger partial charge in [0.05, 0.1) is 6.29 Å². The Balaban J connectivity index is 0. The van der Waals surface area contributed by atoms with E-state index in [-0.39, 0.29) is 40.0 Å². The summed E-state index contributed by atoms with van der Waals surface area (Å²) in [6, 6.07) is 7.02. The zero-order chi connectivity index (χ0) is 6.69. The van der Waals surface area contributed by atoms with Crippen LogP contribution in [0.1, 0.15) is 5.56 Å². The van der Waals surface area contributed by atoms with E-state index < -0.39 is 0 Å². The molecule has 54 valence electrons. The smallest absolute Gasteiger partial charge is 1.00 e.